The van der Waals surface area contributed by atoms with Crippen LogP contribution < -0.4 is 5.32 Å². The number of nitrogens with one attached hydrogen (secondary N) is 2. The molecule has 1 amide bonds. The van der Waals surface area contributed by atoms with Gasteiger partial charge in [-0.1, -0.05) is 72.1 Å². The fraction of sp³-hybridized carbons (Fsp3) is 0.710. The van der Waals surface area contributed by atoms with Gasteiger partial charge < -0.3 is 19.8 Å². The summed E-state index contributed by atoms with van der Waals surface area (Å²) in [5.74, 6) is 3.09. The normalized spacial score (nSPS) is 18.4. The quantitative estimate of drug-likeness (QED) is 0.263. The van der Waals surface area contributed by atoms with Crippen molar-refractivity contribution >= 4 is 11.9 Å². The molecule has 0 spiro atoms. The summed E-state index contributed by atoms with van der Waals surface area (Å²) in [5, 5.41) is 2.45. The van der Waals surface area contributed by atoms with E-state index in [2.05, 4.69) is 65.9 Å². The van der Waals surface area contributed by atoms with Crippen molar-refractivity contribution in [1.82, 2.24) is 15.3 Å². The van der Waals surface area contributed by atoms with Crippen LogP contribution in [0.15, 0.2) is 30.0 Å². The summed E-state index contributed by atoms with van der Waals surface area (Å²) in [7, 11) is 1.27. The van der Waals surface area contributed by atoms with E-state index in [1.165, 1.54) is 63.8 Å². The molecule has 2 rings (SSSR count). The maximum absolute atomic E-state index is 11.0. The van der Waals surface area contributed by atoms with E-state index in [0.29, 0.717) is 11.8 Å². The third-order valence-corrected chi connectivity index (χ3v) is 7.32. The number of ketones is 1. The number of aromatic amines is 1. The Kier molecular flexibility index (Phi) is 16.6. The van der Waals surface area contributed by atoms with E-state index in [1.807, 2.05) is 20.0 Å². The number of alkyl carbamates (subject to hydrolysis) is 1. The van der Waals surface area contributed by atoms with Crippen LogP contribution in [0.5, 0.6) is 0 Å². The van der Waals surface area contributed by atoms with E-state index < -0.39 is 12.1 Å². The SMILES string of the molecule is C/C=C(\C=C/Cc1cnc(C(C)CCCC(C)CC)[nH]1)C1CCCOC1.COC(=O)NC(C(C)=O)C(C)C. The van der Waals surface area contributed by atoms with Gasteiger partial charge in [0.25, 0.3) is 0 Å². The first kappa shape index (κ1) is 33.6. The van der Waals surface area contributed by atoms with Crippen molar-refractivity contribution in [2.24, 2.45) is 17.8 Å². The number of hydrogen-bond acceptors (Lipinski definition) is 5. The molecule has 0 bridgehead atoms. The Hall–Kier alpha value is -2.41. The van der Waals surface area contributed by atoms with Gasteiger partial charge in [-0.15, -0.1) is 0 Å². The van der Waals surface area contributed by atoms with Crippen molar-refractivity contribution in [3.63, 3.8) is 0 Å². The average Bonchev–Trinajstić information content (AvgIpc) is 3.39. The lowest BCUT2D eigenvalue weighted by atomic mass is 9.92. The first-order chi connectivity index (χ1) is 18.1. The Morgan fingerprint density at radius 3 is 2.55 bits per heavy atom. The first-order valence-electron chi connectivity index (χ1n) is 14.4. The lowest BCUT2D eigenvalue weighted by molar-refractivity contribution is -0.119. The van der Waals surface area contributed by atoms with E-state index in [-0.39, 0.29) is 11.7 Å². The van der Waals surface area contributed by atoms with Crippen LogP contribution >= 0.6 is 0 Å². The molecule has 1 fully saturated rings. The summed E-state index contributed by atoms with van der Waals surface area (Å²) < 4.78 is 10.0. The van der Waals surface area contributed by atoms with Crippen molar-refractivity contribution in [3.05, 3.63) is 41.5 Å². The standard InChI is InChI=1S/C23H38N2O.C8H15NO3/c1-5-18(3)10-7-11-19(4)23-24-16-22(25-23)14-8-12-20(6-2)21-13-9-15-26-17-21;1-5(2)7(6(3)10)9-8(11)12-4/h6,8,12,16,18-19,21H,5,7,9-11,13-15,17H2,1-4H3,(H,24,25);5,7H,1-4H3,(H,9,11)/b12-8-,20-6+;. The molecule has 1 aliphatic rings. The molecule has 7 heteroatoms. The van der Waals surface area contributed by atoms with E-state index >= 15 is 0 Å². The second kappa shape index (κ2) is 18.8. The lowest BCUT2D eigenvalue weighted by Gasteiger charge is -2.23. The Balaban J connectivity index is 0.000000508. The van der Waals surface area contributed by atoms with E-state index in [4.69, 9.17) is 4.74 Å². The molecule has 1 saturated heterocycles. The minimum atomic E-state index is -0.566. The fourth-order valence-corrected chi connectivity index (χ4v) is 4.56. The van der Waals surface area contributed by atoms with Gasteiger partial charge in [0.1, 0.15) is 5.82 Å². The predicted molar refractivity (Wildman–Crippen MR) is 155 cm³/mol. The molecule has 216 valence electrons. The molecular weight excluding hydrogens is 478 g/mol. The molecule has 38 heavy (non-hydrogen) atoms. The number of ether oxygens (including phenoxy) is 2. The number of allylic oxidation sites excluding steroid dienone is 3. The van der Waals surface area contributed by atoms with Crippen LogP contribution in [-0.4, -0.2) is 48.2 Å². The second-order valence-corrected chi connectivity index (χ2v) is 10.9. The molecule has 2 heterocycles. The van der Waals surface area contributed by atoms with Crippen LogP contribution in [0.2, 0.25) is 0 Å². The molecule has 7 nitrogen and oxygen atoms in total. The van der Waals surface area contributed by atoms with E-state index in [0.717, 1.165) is 31.4 Å². The summed E-state index contributed by atoms with van der Waals surface area (Å²) in [6, 6.07) is -0.447. The topological polar surface area (TPSA) is 93.3 Å². The number of Topliss-reactive ketones (excluding diaryl/α,β-unsaturated/α-hetero) is 1. The number of carbonyl (C=O) groups is 2. The van der Waals surface area contributed by atoms with E-state index in [1.54, 1.807) is 0 Å². The van der Waals surface area contributed by atoms with Crippen molar-refractivity contribution < 1.29 is 19.1 Å². The molecule has 1 aliphatic heterocycles. The minimum Gasteiger partial charge on any atom is -0.453 e. The predicted octanol–water partition coefficient (Wildman–Crippen LogP) is 7.16. The van der Waals surface area contributed by atoms with Crippen LogP contribution in [0.25, 0.3) is 0 Å². The highest BCUT2D eigenvalue weighted by molar-refractivity contribution is 5.85. The second-order valence-electron chi connectivity index (χ2n) is 10.9. The lowest BCUT2D eigenvalue weighted by Crippen LogP contribution is -2.43. The Morgan fingerprint density at radius 2 is 2.00 bits per heavy atom. The van der Waals surface area contributed by atoms with Gasteiger partial charge in [-0.3, -0.25) is 4.79 Å². The van der Waals surface area contributed by atoms with Crippen molar-refractivity contribution in [2.75, 3.05) is 20.3 Å². The van der Waals surface area contributed by atoms with Crippen molar-refractivity contribution in [1.29, 1.82) is 0 Å². The maximum atomic E-state index is 11.0. The highest BCUT2D eigenvalue weighted by atomic mass is 16.5. The molecule has 0 aliphatic carbocycles. The Bertz CT molecular complexity index is 868. The van der Waals surface area contributed by atoms with Crippen LogP contribution in [0, 0.1) is 17.8 Å². The van der Waals surface area contributed by atoms with Gasteiger partial charge in [0.2, 0.25) is 0 Å². The molecular formula is C31H53N3O4. The van der Waals surface area contributed by atoms with Crippen LogP contribution in [0.1, 0.15) is 104 Å². The molecule has 0 radical (unpaired) electrons. The van der Waals surface area contributed by atoms with Crippen molar-refractivity contribution in [2.45, 2.75) is 105 Å². The van der Waals surface area contributed by atoms with Gasteiger partial charge >= 0.3 is 6.09 Å². The zero-order valence-corrected chi connectivity index (χ0v) is 25.1. The number of H-pyrrole nitrogens is 1. The molecule has 1 aromatic heterocycles. The Morgan fingerprint density at radius 1 is 1.26 bits per heavy atom. The minimum absolute atomic E-state index is 0.0598. The number of amides is 1. The van der Waals surface area contributed by atoms with Crippen molar-refractivity contribution in [3.8, 4) is 0 Å². The maximum Gasteiger partial charge on any atom is 0.407 e. The molecule has 0 aromatic carbocycles. The average molecular weight is 532 g/mol. The van der Waals surface area contributed by atoms with Gasteiger partial charge in [-0.25, -0.2) is 9.78 Å². The first-order valence-corrected chi connectivity index (χ1v) is 14.4. The number of imidazole rings is 1. The van der Waals surface area contributed by atoms with Gasteiger partial charge in [0.15, 0.2) is 5.78 Å². The van der Waals surface area contributed by atoms with Crippen LogP contribution in [-0.2, 0) is 20.7 Å². The monoisotopic (exact) mass is 531 g/mol. The third-order valence-electron chi connectivity index (χ3n) is 7.32. The van der Waals surface area contributed by atoms with Crippen LogP contribution in [0.3, 0.4) is 0 Å². The highest BCUT2D eigenvalue weighted by Crippen LogP contribution is 2.24. The number of aromatic nitrogens is 2. The Labute approximate surface area is 231 Å². The van der Waals surface area contributed by atoms with Crippen LogP contribution in [0.4, 0.5) is 4.79 Å². The van der Waals surface area contributed by atoms with Gasteiger partial charge in [-0.2, -0.15) is 0 Å². The highest BCUT2D eigenvalue weighted by Gasteiger charge is 2.20. The summed E-state index contributed by atoms with van der Waals surface area (Å²) in [6.07, 6.45) is 16.7. The number of methoxy groups -OCH3 is 1. The van der Waals surface area contributed by atoms with Gasteiger partial charge in [-0.05, 0) is 50.5 Å². The zero-order valence-electron chi connectivity index (χ0n) is 25.1. The molecule has 2 N–H and O–H groups in total. The summed E-state index contributed by atoms with van der Waals surface area (Å²) >= 11 is 0. The fourth-order valence-electron chi connectivity index (χ4n) is 4.56. The number of hydrogen-bond donors (Lipinski definition) is 2. The smallest absolute Gasteiger partial charge is 0.407 e. The largest absolute Gasteiger partial charge is 0.453 e. The van der Waals surface area contributed by atoms with Gasteiger partial charge in [0, 0.05) is 36.8 Å². The molecule has 1 aromatic rings. The zero-order chi connectivity index (χ0) is 28.5. The molecule has 0 saturated carbocycles. The summed E-state index contributed by atoms with van der Waals surface area (Å²) in [4.78, 5) is 29.9. The summed E-state index contributed by atoms with van der Waals surface area (Å²) in [5.41, 5.74) is 2.61. The van der Waals surface area contributed by atoms with E-state index in [9.17, 15) is 9.59 Å². The number of nitrogens with zero attached hydrogens (tertiary/aromatic N) is 1. The third kappa shape index (κ3) is 12.9. The van der Waals surface area contributed by atoms with Gasteiger partial charge in [0.05, 0.1) is 19.8 Å². The summed E-state index contributed by atoms with van der Waals surface area (Å²) in [6.45, 7) is 16.0. The number of carbonyl (C=O) groups excluding carboxylic acids is 2. The number of rotatable bonds is 13. The molecule has 4 atom stereocenters. The molecule has 4 unspecified atom stereocenters.